The average molecular weight is 286 g/mol. The predicted octanol–water partition coefficient (Wildman–Crippen LogP) is 6.49. The van der Waals surface area contributed by atoms with Gasteiger partial charge in [-0.2, -0.15) is 0 Å². The molecule has 0 N–H and O–H groups in total. The van der Waals surface area contributed by atoms with Crippen LogP contribution in [0.1, 0.15) is 23.6 Å². The van der Waals surface area contributed by atoms with Gasteiger partial charge in [0.15, 0.2) is 0 Å². The van der Waals surface area contributed by atoms with Crippen LogP contribution in [0.4, 0.5) is 0 Å². The van der Waals surface area contributed by atoms with Crippen LogP contribution in [-0.4, -0.2) is 0 Å². The first-order chi connectivity index (χ1) is 10.7. The molecule has 2 aromatic carbocycles. The number of fused-ring (bicyclic) bond motifs is 1. The second-order valence-electron chi connectivity index (χ2n) is 5.15. The van der Waals surface area contributed by atoms with Gasteiger partial charge in [0, 0.05) is 0 Å². The highest BCUT2D eigenvalue weighted by Crippen LogP contribution is 2.33. The van der Waals surface area contributed by atoms with Crippen LogP contribution in [0.2, 0.25) is 0 Å². The van der Waals surface area contributed by atoms with Crippen molar-refractivity contribution in [3.8, 4) is 0 Å². The smallest absolute Gasteiger partial charge is 0.00304 e. The molecule has 0 bridgehead atoms. The molecule has 0 fully saturated rings. The molecule has 110 valence electrons. The number of benzene rings is 2. The summed E-state index contributed by atoms with van der Waals surface area (Å²) in [7, 11) is 0. The number of allylic oxidation sites excluding steroid dienone is 7. The van der Waals surface area contributed by atoms with Crippen molar-refractivity contribution in [3.05, 3.63) is 96.6 Å². The Kier molecular flexibility index (Phi) is 5.32. The zero-order valence-corrected chi connectivity index (χ0v) is 13.3. The van der Waals surface area contributed by atoms with Gasteiger partial charge < -0.3 is 0 Å². The molecule has 2 aromatic rings. The van der Waals surface area contributed by atoms with E-state index in [1.165, 1.54) is 27.5 Å². The van der Waals surface area contributed by atoms with Crippen molar-refractivity contribution >= 4 is 22.4 Å². The Balaban J connectivity index is 2.89. The van der Waals surface area contributed by atoms with Crippen molar-refractivity contribution in [2.45, 2.75) is 13.8 Å². The Hall–Kier alpha value is -2.60. The van der Waals surface area contributed by atoms with Gasteiger partial charge in [0.2, 0.25) is 0 Å². The Morgan fingerprint density at radius 3 is 2.55 bits per heavy atom. The largest absolute Gasteiger partial charge is 0.0991 e. The van der Waals surface area contributed by atoms with E-state index in [0.29, 0.717) is 0 Å². The molecule has 0 aromatic heterocycles. The average Bonchev–Trinajstić information content (AvgIpc) is 2.54. The molecule has 0 radical (unpaired) electrons. The van der Waals surface area contributed by atoms with E-state index in [1.807, 2.05) is 31.2 Å². The highest BCUT2D eigenvalue weighted by molar-refractivity contribution is 6.00. The van der Waals surface area contributed by atoms with E-state index in [1.54, 1.807) is 0 Å². The van der Waals surface area contributed by atoms with Crippen LogP contribution in [0.25, 0.3) is 22.4 Å². The van der Waals surface area contributed by atoms with Crippen LogP contribution >= 0.6 is 0 Å². The first kappa shape index (κ1) is 15.8. The van der Waals surface area contributed by atoms with Crippen LogP contribution in [0.5, 0.6) is 0 Å². The van der Waals surface area contributed by atoms with E-state index in [9.17, 15) is 0 Å². The Bertz CT molecular complexity index is 783. The molecule has 0 saturated carbocycles. The number of rotatable bonds is 5. The summed E-state index contributed by atoms with van der Waals surface area (Å²) in [6.45, 7) is 11.9. The SMILES string of the molecule is C=C/C=C\c1c(C)cc2ccccc2c1/C(C=C)=C/C=C\C. The molecule has 22 heavy (non-hydrogen) atoms. The zero-order chi connectivity index (χ0) is 15.9. The zero-order valence-electron chi connectivity index (χ0n) is 13.3. The van der Waals surface area contributed by atoms with Crippen LogP contribution in [-0.2, 0) is 0 Å². The van der Waals surface area contributed by atoms with Gasteiger partial charge in [-0.05, 0) is 46.9 Å². The fourth-order valence-corrected chi connectivity index (χ4v) is 2.65. The van der Waals surface area contributed by atoms with Crippen molar-refractivity contribution < 1.29 is 0 Å². The summed E-state index contributed by atoms with van der Waals surface area (Å²) in [5.41, 5.74) is 4.82. The predicted molar refractivity (Wildman–Crippen MR) is 101 cm³/mol. The first-order valence-electron chi connectivity index (χ1n) is 7.50. The second kappa shape index (κ2) is 7.42. The third-order valence-electron chi connectivity index (χ3n) is 3.67. The van der Waals surface area contributed by atoms with Crippen molar-refractivity contribution in [3.63, 3.8) is 0 Å². The van der Waals surface area contributed by atoms with Gasteiger partial charge in [-0.15, -0.1) is 0 Å². The van der Waals surface area contributed by atoms with E-state index < -0.39 is 0 Å². The van der Waals surface area contributed by atoms with Gasteiger partial charge in [-0.25, -0.2) is 0 Å². The van der Waals surface area contributed by atoms with Crippen LogP contribution in [0.15, 0.2) is 79.9 Å². The molecule has 0 unspecified atom stereocenters. The lowest BCUT2D eigenvalue weighted by Gasteiger charge is -2.15. The topological polar surface area (TPSA) is 0 Å². The minimum atomic E-state index is 1.13. The maximum Gasteiger partial charge on any atom is -0.00304 e. The fourth-order valence-electron chi connectivity index (χ4n) is 2.65. The van der Waals surface area contributed by atoms with Gasteiger partial charge in [0.05, 0.1) is 0 Å². The van der Waals surface area contributed by atoms with Crippen molar-refractivity contribution in [2.75, 3.05) is 0 Å². The Morgan fingerprint density at radius 2 is 1.86 bits per heavy atom. The summed E-state index contributed by atoms with van der Waals surface area (Å²) in [4.78, 5) is 0. The second-order valence-corrected chi connectivity index (χ2v) is 5.15. The molecule has 0 aliphatic heterocycles. The first-order valence-corrected chi connectivity index (χ1v) is 7.50. The lowest BCUT2D eigenvalue weighted by atomic mass is 9.89. The molecule has 0 aliphatic carbocycles. The summed E-state index contributed by atoms with van der Waals surface area (Å²) < 4.78 is 0. The summed E-state index contributed by atoms with van der Waals surface area (Å²) in [6.07, 6.45) is 14.0. The summed E-state index contributed by atoms with van der Waals surface area (Å²) in [5.74, 6) is 0. The molecule has 0 heteroatoms. The third kappa shape index (κ3) is 3.17. The minimum Gasteiger partial charge on any atom is -0.0991 e. The van der Waals surface area contributed by atoms with Gasteiger partial charge >= 0.3 is 0 Å². The Morgan fingerprint density at radius 1 is 1.09 bits per heavy atom. The molecule has 0 heterocycles. The van der Waals surface area contributed by atoms with Gasteiger partial charge in [-0.1, -0.05) is 86.0 Å². The van der Waals surface area contributed by atoms with Crippen molar-refractivity contribution in [1.29, 1.82) is 0 Å². The molecule has 0 saturated heterocycles. The molecule has 0 atom stereocenters. The molecule has 0 aliphatic rings. The molecular formula is C22H22. The highest BCUT2D eigenvalue weighted by atomic mass is 14.1. The molecule has 0 amide bonds. The fraction of sp³-hybridized carbons (Fsp3) is 0.0909. The van der Waals surface area contributed by atoms with E-state index in [4.69, 9.17) is 0 Å². The maximum atomic E-state index is 4.00. The molecule has 0 spiro atoms. The quantitative estimate of drug-likeness (QED) is 0.551. The minimum absolute atomic E-state index is 1.13. The van der Waals surface area contributed by atoms with Gasteiger partial charge in [-0.3, -0.25) is 0 Å². The summed E-state index contributed by atoms with van der Waals surface area (Å²) >= 11 is 0. The lowest BCUT2D eigenvalue weighted by Crippen LogP contribution is -1.93. The Labute approximate surface area is 133 Å². The third-order valence-corrected chi connectivity index (χ3v) is 3.67. The van der Waals surface area contributed by atoms with Gasteiger partial charge in [0.25, 0.3) is 0 Å². The molecular weight excluding hydrogens is 264 g/mol. The maximum absolute atomic E-state index is 4.00. The monoisotopic (exact) mass is 286 g/mol. The molecule has 0 nitrogen and oxygen atoms in total. The number of hydrogen-bond acceptors (Lipinski definition) is 0. The highest BCUT2D eigenvalue weighted by Gasteiger charge is 2.11. The van der Waals surface area contributed by atoms with E-state index >= 15 is 0 Å². The van der Waals surface area contributed by atoms with Crippen molar-refractivity contribution in [1.82, 2.24) is 0 Å². The number of aryl methyl sites for hydroxylation is 1. The van der Waals surface area contributed by atoms with Crippen LogP contribution in [0, 0.1) is 6.92 Å². The van der Waals surface area contributed by atoms with Crippen LogP contribution in [0.3, 0.4) is 0 Å². The van der Waals surface area contributed by atoms with E-state index in [0.717, 1.165) is 5.57 Å². The van der Waals surface area contributed by atoms with Gasteiger partial charge in [0.1, 0.15) is 0 Å². The lowest BCUT2D eigenvalue weighted by molar-refractivity contribution is 1.45. The standard InChI is InChI=1S/C22H22/c1-5-8-12-18(7-3)22-20(14-9-6-2)17(4)16-19-13-10-11-15-21(19)22/h5-16H,2-3H2,1,4H3/b8-5-,14-9-,18-12+. The van der Waals surface area contributed by atoms with E-state index in [-0.39, 0.29) is 0 Å². The van der Waals surface area contributed by atoms with E-state index in [2.05, 4.69) is 68.6 Å². The van der Waals surface area contributed by atoms with Crippen molar-refractivity contribution in [2.24, 2.45) is 0 Å². The van der Waals surface area contributed by atoms with Crippen LogP contribution < -0.4 is 0 Å². The summed E-state index contributed by atoms with van der Waals surface area (Å²) in [5, 5.41) is 2.49. The normalized spacial score (nSPS) is 12.4. The molecule has 2 rings (SSSR count). The number of hydrogen-bond donors (Lipinski definition) is 0. The summed E-state index contributed by atoms with van der Waals surface area (Å²) in [6, 6.07) is 10.7.